The Hall–Kier alpha value is -1.85. The molecule has 0 amide bonds. The zero-order valence-corrected chi connectivity index (χ0v) is 16.2. The van der Waals surface area contributed by atoms with Gasteiger partial charge in [-0.25, -0.2) is 4.99 Å². The smallest absolute Gasteiger partial charge is 0.191 e. The Bertz CT molecular complexity index is 621. The monoisotopic (exact) mass is 359 g/mol. The van der Waals surface area contributed by atoms with Gasteiger partial charge in [0.2, 0.25) is 0 Å². The highest BCUT2D eigenvalue weighted by atomic mass is 32.1. The molecule has 1 aromatic carbocycles. The van der Waals surface area contributed by atoms with E-state index in [1.165, 1.54) is 16.0 Å². The molecule has 5 heteroatoms. The number of hydrogen-bond acceptors (Lipinski definition) is 3. The molecule has 2 rings (SSSR count). The molecule has 25 heavy (non-hydrogen) atoms. The van der Waals surface area contributed by atoms with E-state index in [0.29, 0.717) is 13.2 Å². The fraction of sp³-hybridized carbons (Fsp3) is 0.450. The van der Waals surface area contributed by atoms with Crippen LogP contribution in [0.5, 0.6) is 0 Å². The molecule has 0 saturated carbocycles. The van der Waals surface area contributed by atoms with Crippen molar-refractivity contribution in [2.45, 2.75) is 46.4 Å². The molecule has 1 aromatic heterocycles. The van der Waals surface area contributed by atoms with Crippen LogP contribution in [0.15, 0.2) is 46.8 Å². The van der Waals surface area contributed by atoms with Crippen molar-refractivity contribution in [3.05, 3.63) is 57.8 Å². The van der Waals surface area contributed by atoms with Gasteiger partial charge in [0, 0.05) is 18.0 Å². The lowest BCUT2D eigenvalue weighted by Crippen LogP contribution is -2.38. The SMILES string of the molecule is CCNC(=NCc1ccc(COC(C)C)cc1)NCCc1cccs1. The summed E-state index contributed by atoms with van der Waals surface area (Å²) in [6.45, 7) is 9.26. The topological polar surface area (TPSA) is 45.7 Å². The minimum Gasteiger partial charge on any atom is -0.374 e. The largest absolute Gasteiger partial charge is 0.374 e. The molecular formula is C20H29N3OS. The number of thiophene rings is 1. The molecule has 2 aromatic rings. The Morgan fingerprint density at radius 3 is 2.52 bits per heavy atom. The van der Waals surface area contributed by atoms with Crippen molar-refractivity contribution in [2.75, 3.05) is 13.1 Å². The molecule has 0 aliphatic rings. The summed E-state index contributed by atoms with van der Waals surface area (Å²) in [6.07, 6.45) is 1.28. The van der Waals surface area contributed by atoms with Crippen LogP contribution in [0.4, 0.5) is 0 Å². The fourth-order valence-corrected chi connectivity index (χ4v) is 2.98. The van der Waals surface area contributed by atoms with Crippen molar-refractivity contribution in [2.24, 2.45) is 4.99 Å². The number of rotatable bonds is 9. The molecule has 0 fully saturated rings. The lowest BCUT2D eigenvalue weighted by molar-refractivity contribution is 0.0657. The molecule has 0 atom stereocenters. The molecule has 136 valence electrons. The number of guanidine groups is 1. The molecular weight excluding hydrogens is 330 g/mol. The number of hydrogen-bond donors (Lipinski definition) is 2. The van der Waals surface area contributed by atoms with Crippen LogP contribution in [0.2, 0.25) is 0 Å². The van der Waals surface area contributed by atoms with E-state index in [4.69, 9.17) is 4.74 Å². The Balaban J connectivity index is 1.82. The Kier molecular flexibility index (Phi) is 8.49. The third-order valence-corrected chi connectivity index (χ3v) is 4.55. The van der Waals surface area contributed by atoms with E-state index in [1.807, 2.05) is 0 Å². The molecule has 2 N–H and O–H groups in total. The van der Waals surface area contributed by atoms with Crippen LogP contribution in [0, 0.1) is 0 Å². The van der Waals surface area contributed by atoms with Crippen LogP contribution >= 0.6 is 11.3 Å². The van der Waals surface area contributed by atoms with Gasteiger partial charge in [0.25, 0.3) is 0 Å². The lowest BCUT2D eigenvalue weighted by Gasteiger charge is -2.11. The minimum atomic E-state index is 0.257. The predicted octanol–water partition coefficient (Wildman–Crippen LogP) is 3.97. The molecule has 0 aliphatic carbocycles. The standard InChI is InChI=1S/C20H29N3OS/c1-4-21-20(22-12-11-19-6-5-13-25-19)23-14-17-7-9-18(10-8-17)15-24-16(2)3/h5-10,13,16H,4,11-12,14-15H2,1-3H3,(H2,21,22,23). The average molecular weight is 360 g/mol. The second-order valence-electron chi connectivity index (χ2n) is 6.13. The summed E-state index contributed by atoms with van der Waals surface area (Å²) < 4.78 is 5.63. The maximum Gasteiger partial charge on any atom is 0.191 e. The van der Waals surface area contributed by atoms with Gasteiger partial charge in [-0.15, -0.1) is 11.3 Å². The molecule has 4 nitrogen and oxygen atoms in total. The summed E-state index contributed by atoms with van der Waals surface area (Å²) in [6, 6.07) is 12.7. The van der Waals surface area contributed by atoms with Crippen molar-refractivity contribution in [1.29, 1.82) is 0 Å². The summed E-state index contributed by atoms with van der Waals surface area (Å²) in [5.74, 6) is 0.867. The lowest BCUT2D eigenvalue weighted by atomic mass is 10.1. The Morgan fingerprint density at radius 2 is 1.88 bits per heavy atom. The minimum absolute atomic E-state index is 0.257. The van der Waals surface area contributed by atoms with Gasteiger partial charge in [-0.2, -0.15) is 0 Å². The summed E-state index contributed by atoms with van der Waals surface area (Å²) in [7, 11) is 0. The normalized spacial score (nSPS) is 11.8. The number of benzene rings is 1. The summed E-state index contributed by atoms with van der Waals surface area (Å²) >= 11 is 1.79. The van der Waals surface area contributed by atoms with Crippen LogP contribution in [0.3, 0.4) is 0 Å². The van der Waals surface area contributed by atoms with Crippen LogP contribution < -0.4 is 10.6 Å². The van der Waals surface area contributed by atoms with Crippen molar-refractivity contribution in [1.82, 2.24) is 10.6 Å². The number of aliphatic imine (C=N–C) groups is 1. The van der Waals surface area contributed by atoms with Crippen molar-refractivity contribution in [3.63, 3.8) is 0 Å². The van der Waals surface area contributed by atoms with Crippen LogP contribution in [-0.4, -0.2) is 25.2 Å². The highest BCUT2D eigenvalue weighted by Gasteiger charge is 2.00. The van der Waals surface area contributed by atoms with Gasteiger partial charge in [-0.1, -0.05) is 30.3 Å². The number of nitrogens with one attached hydrogen (secondary N) is 2. The fourth-order valence-electron chi connectivity index (χ4n) is 2.27. The van der Waals surface area contributed by atoms with Gasteiger partial charge in [0.05, 0.1) is 19.3 Å². The second kappa shape index (κ2) is 10.9. The first-order valence-corrected chi connectivity index (χ1v) is 9.79. The molecule has 0 unspecified atom stereocenters. The van der Waals surface area contributed by atoms with E-state index in [1.54, 1.807) is 11.3 Å². The van der Waals surface area contributed by atoms with Crippen molar-refractivity contribution in [3.8, 4) is 0 Å². The van der Waals surface area contributed by atoms with E-state index in [2.05, 4.69) is 78.2 Å². The second-order valence-corrected chi connectivity index (χ2v) is 7.16. The summed E-state index contributed by atoms with van der Waals surface area (Å²) in [4.78, 5) is 6.06. The molecule has 0 bridgehead atoms. The van der Waals surface area contributed by atoms with E-state index >= 15 is 0 Å². The van der Waals surface area contributed by atoms with Crippen LogP contribution in [0.1, 0.15) is 36.8 Å². The average Bonchev–Trinajstić information content (AvgIpc) is 3.12. The van der Waals surface area contributed by atoms with E-state index in [0.717, 1.165) is 25.5 Å². The maximum absolute atomic E-state index is 5.63. The van der Waals surface area contributed by atoms with Gasteiger partial charge >= 0.3 is 0 Å². The molecule has 0 radical (unpaired) electrons. The third-order valence-electron chi connectivity index (χ3n) is 3.61. The quantitative estimate of drug-likeness (QED) is 0.526. The zero-order valence-electron chi connectivity index (χ0n) is 15.4. The van der Waals surface area contributed by atoms with Crippen molar-refractivity contribution < 1.29 is 4.74 Å². The highest BCUT2D eigenvalue weighted by molar-refractivity contribution is 7.09. The van der Waals surface area contributed by atoms with Gasteiger partial charge in [0.15, 0.2) is 5.96 Å². The van der Waals surface area contributed by atoms with Crippen LogP contribution in [-0.2, 0) is 24.3 Å². The van der Waals surface area contributed by atoms with Gasteiger partial charge < -0.3 is 15.4 Å². The van der Waals surface area contributed by atoms with E-state index in [9.17, 15) is 0 Å². The molecule has 0 spiro atoms. The summed E-state index contributed by atoms with van der Waals surface area (Å²) in [5.41, 5.74) is 2.39. The van der Waals surface area contributed by atoms with E-state index in [-0.39, 0.29) is 6.10 Å². The number of nitrogens with zero attached hydrogens (tertiary/aromatic N) is 1. The molecule has 0 aliphatic heterocycles. The summed E-state index contributed by atoms with van der Waals surface area (Å²) in [5, 5.41) is 8.81. The number of ether oxygens (including phenoxy) is 1. The Labute approximate surface area is 155 Å². The first-order chi connectivity index (χ1) is 12.2. The molecule has 0 saturated heterocycles. The van der Waals surface area contributed by atoms with Crippen molar-refractivity contribution >= 4 is 17.3 Å². The maximum atomic E-state index is 5.63. The van der Waals surface area contributed by atoms with Gasteiger partial charge in [0.1, 0.15) is 0 Å². The first-order valence-electron chi connectivity index (χ1n) is 8.91. The predicted molar refractivity (Wildman–Crippen MR) is 107 cm³/mol. The zero-order chi connectivity index (χ0) is 17.9. The van der Waals surface area contributed by atoms with E-state index < -0.39 is 0 Å². The molecule has 1 heterocycles. The third kappa shape index (κ3) is 7.71. The highest BCUT2D eigenvalue weighted by Crippen LogP contribution is 2.09. The van der Waals surface area contributed by atoms with Crippen LogP contribution in [0.25, 0.3) is 0 Å². The van der Waals surface area contributed by atoms with Gasteiger partial charge in [-0.05, 0) is 49.8 Å². The van der Waals surface area contributed by atoms with Gasteiger partial charge in [-0.3, -0.25) is 0 Å². The Morgan fingerprint density at radius 1 is 1.12 bits per heavy atom. The first kappa shape index (κ1) is 19.5.